The monoisotopic (exact) mass is 436 g/mol. The van der Waals surface area contributed by atoms with E-state index in [0.717, 1.165) is 4.90 Å². The van der Waals surface area contributed by atoms with Crippen LogP contribution >= 0.6 is 7.81 Å². The Bertz CT molecular complexity index is 986. The topological polar surface area (TPSA) is 0 Å². The molecule has 0 bridgehead atoms. The van der Waals surface area contributed by atoms with Gasteiger partial charge in [-0.3, -0.25) is 0 Å². The Hall–Kier alpha value is -1.98. The second kappa shape index (κ2) is 7.12. The Morgan fingerprint density at radius 3 is 1.50 bits per heavy atom. The molecular formula is C20H19F6PS. The minimum atomic E-state index is -10.7. The van der Waals surface area contributed by atoms with Gasteiger partial charge in [0.1, 0.15) is 0 Å². The molecule has 0 fully saturated rings. The zero-order chi connectivity index (χ0) is 21.2. The summed E-state index contributed by atoms with van der Waals surface area (Å²) in [6, 6.07) is 23.6. The molecule has 0 nitrogen and oxygen atoms in total. The Morgan fingerprint density at radius 2 is 1.04 bits per heavy atom. The van der Waals surface area contributed by atoms with Gasteiger partial charge in [-0.1, -0.05) is 48.5 Å². The van der Waals surface area contributed by atoms with Gasteiger partial charge in [0.15, 0.2) is 4.90 Å². The first kappa shape index (κ1) is 22.3. The number of hydrogen-bond donors (Lipinski definition) is 0. The van der Waals surface area contributed by atoms with E-state index in [0.29, 0.717) is 0 Å². The molecule has 0 atom stereocenters. The van der Waals surface area contributed by atoms with Crippen molar-refractivity contribution < 1.29 is 25.2 Å². The second-order valence-corrected chi connectivity index (χ2v) is 8.80. The van der Waals surface area contributed by atoms with E-state index < -0.39 is 7.81 Å². The average Bonchev–Trinajstić information content (AvgIpc) is 2.54. The summed E-state index contributed by atoms with van der Waals surface area (Å²) in [5.74, 6) is 0. The quantitative estimate of drug-likeness (QED) is 0.215. The van der Waals surface area contributed by atoms with Crippen LogP contribution in [0.2, 0.25) is 0 Å². The summed E-state index contributed by atoms with van der Waals surface area (Å²) in [7, 11) is -10.7. The van der Waals surface area contributed by atoms with Crippen LogP contribution in [-0.2, 0) is 12.6 Å². The van der Waals surface area contributed by atoms with E-state index in [1.807, 2.05) is 0 Å². The molecule has 3 rings (SSSR count). The predicted molar refractivity (Wildman–Crippen MR) is 109 cm³/mol. The van der Waals surface area contributed by atoms with Crippen LogP contribution in [0.1, 0.15) is 11.1 Å². The van der Waals surface area contributed by atoms with Crippen molar-refractivity contribution in [2.75, 3.05) is 0 Å². The maximum absolute atomic E-state index is 10.7. The third kappa shape index (κ3) is 7.56. The molecule has 0 spiro atoms. The number of halogens is 6. The molecule has 0 aromatic heterocycles. The molecule has 0 amide bonds. The van der Waals surface area contributed by atoms with Crippen LogP contribution in [0.15, 0.2) is 71.6 Å². The van der Waals surface area contributed by atoms with Gasteiger partial charge in [0.25, 0.3) is 0 Å². The van der Waals surface area contributed by atoms with Crippen LogP contribution in [-0.4, -0.2) is 0 Å². The van der Waals surface area contributed by atoms with Crippen LogP contribution in [0.25, 0.3) is 22.3 Å². The molecule has 0 saturated heterocycles. The molecule has 0 N–H and O–H groups in total. The van der Waals surface area contributed by atoms with Crippen molar-refractivity contribution in [2.45, 2.75) is 18.7 Å². The van der Waals surface area contributed by atoms with E-state index in [1.165, 1.54) is 33.4 Å². The molecule has 0 saturated carbocycles. The predicted octanol–water partition coefficient (Wildman–Crippen LogP) is 8.39. The van der Waals surface area contributed by atoms with Crippen LogP contribution in [0.5, 0.6) is 0 Å². The number of hydrogen-bond acceptors (Lipinski definition) is 0. The molecule has 0 radical (unpaired) electrons. The fraction of sp³-hybridized carbons (Fsp3) is 0.100. The first-order valence-corrected chi connectivity index (χ1v) is 10.7. The van der Waals surface area contributed by atoms with Crippen molar-refractivity contribution in [2.24, 2.45) is 0 Å². The van der Waals surface area contributed by atoms with Gasteiger partial charge >= 0.3 is 33.0 Å². The van der Waals surface area contributed by atoms with Crippen molar-refractivity contribution in [1.29, 1.82) is 0 Å². The Labute approximate surface area is 164 Å². The minimum absolute atomic E-state index is 1.13. The van der Waals surface area contributed by atoms with E-state index >= 15 is 0 Å². The van der Waals surface area contributed by atoms with E-state index in [2.05, 4.69) is 93.2 Å². The van der Waals surface area contributed by atoms with Crippen LogP contribution in [0, 0.1) is 13.8 Å². The molecular weight excluding hydrogens is 417 g/mol. The molecule has 0 unspecified atom stereocenters. The fourth-order valence-corrected chi connectivity index (χ4v) is 3.00. The molecule has 0 aliphatic heterocycles. The summed E-state index contributed by atoms with van der Waals surface area (Å²) in [6.07, 6.45) is 0. The van der Waals surface area contributed by atoms with Gasteiger partial charge < -0.3 is 0 Å². The summed E-state index contributed by atoms with van der Waals surface area (Å²) in [5, 5.41) is 0. The number of benzene rings is 3. The van der Waals surface area contributed by atoms with Crippen molar-refractivity contribution >= 4 is 20.4 Å². The molecule has 28 heavy (non-hydrogen) atoms. The van der Waals surface area contributed by atoms with Crippen LogP contribution in [0.4, 0.5) is 25.2 Å². The van der Waals surface area contributed by atoms with Gasteiger partial charge in [0.2, 0.25) is 0 Å². The first-order chi connectivity index (χ1) is 12.6. The van der Waals surface area contributed by atoms with Gasteiger partial charge in [-0.05, 0) is 72.5 Å². The molecule has 8 heteroatoms. The van der Waals surface area contributed by atoms with Gasteiger partial charge in [-0.15, -0.1) is 0 Å². The second-order valence-electron chi connectivity index (χ2n) is 6.35. The zero-order valence-corrected chi connectivity index (χ0v) is 17.0. The molecule has 0 aliphatic carbocycles. The Morgan fingerprint density at radius 1 is 0.607 bits per heavy atom. The number of rotatable bonds is 2. The van der Waals surface area contributed by atoms with E-state index in [9.17, 15) is 25.2 Å². The standard InChI is InChI=1S/C20H18S.F6P/c1-14-7-3-5-9-17(14)16-11-12-20(21)19(13-16)18-10-6-4-8-15(18)2;1-7(2,3,4,5)6/h3-13,21H,1-2H3;/q;-1/p+1. The Kier molecular flexibility index (Phi) is 5.68. The van der Waals surface area contributed by atoms with Gasteiger partial charge in [-0.25, -0.2) is 0 Å². The molecule has 3 aromatic carbocycles. The number of aryl methyl sites for hydroxylation is 2. The van der Waals surface area contributed by atoms with Crippen molar-refractivity contribution in [3.63, 3.8) is 0 Å². The summed E-state index contributed by atoms with van der Waals surface area (Å²) in [6.45, 7) is 4.31. The van der Waals surface area contributed by atoms with Crippen LogP contribution in [0.3, 0.4) is 0 Å². The summed E-state index contributed by atoms with van der Waals surface area (Å²) < 4.78 is 59.2. The van der Waals surface area contributed by atoms with E-state index in [4.69, 9.17) is 0 Å². The molecule has 0 heterocycles. The zero-order valence-electron chi connectivity index (χ0n) is 15.1. The summed E-state index contributed by atoms with van der Waals surface area (Å²) in [4.78, 5) is 1.13. The van der Waals surface area contributed by atoms with E-state index in [-0.39, 0.29) is 0 Å². The molecule has 0 aliphatic rings. The SMILES string of the molecule is Cc1ccccc1-c1ccc([SH2+])c(-c2ccccc2C)c1.F[P-](F)(F)(F)(F)F. The van der Waals surface area contributed by atoms with Crippen molar-refractivity contribution in [3.8, 4) is 22.3 Å². The third-order valence-electron chi connectivity index (χ3n) is 3.91. The van der Waals surface area contributed by atoms with Gasteiger partial charge in [0, 0.05) is 5.56 Å². The van der Waals surface area contributed by atoms with Gasteiger partial charge in [-0.2, -0.15) is 0 Å². The third-order valence-corrected chi connectivity index (χ3v) is 4.35. The fourth-order valence-electron chi connectivity index (χ4n) is 2.71. The maximum atomic E-state index is 9.87. The molecule has 3 aromatic rings. The molecule has 152 valence electrons. The normalized spacial score (nSPS) is 13.8. The van der Waals surface area contributed by atoms with Crippen molar-refractivity contribution in [1.82, 2.24) is 0 Å². The summed E-state index contributed by atoms with van der Waals surface area (Å²) in [5.41, 5.74) is 7.66. The van der Waals surface area contributed by atoms with Gasteiger partial charge in [0.05, 0.1) is 0 Å². The average molecular weight is 436 g/mol. The summed E-state index contributed by atoms with van der Waals surface area (Å²) >= 11 is 3.75. The van der Waals surface area contributed by atoms with Crippen LogP contribution < -0.4 is 0 Å². The first-order valence-electron chi connectivity index (χ1n) is 8.16. The van der Waals surface area contributed by atoms with Crippen molar-refractivity contribution in [3.05, 3.63) is 77.9 Å². The van der Waals surface area contributed by atoms with E-state index in [1.54, 1.807) is 0 Å². The Balaban J connectivity index is 0.000000345.